The normalized spacial score (nSPS) is 11.3. The van der Waals surface area contributed by atoms with Crippen molar-refractivity contribution in [3.8, 4) is 17.1 Å². The topological polar surface area (TPSA) is 48.9 Å². The molecule has 4 heteroatoms. The third kappa shape index (κ3) is 3.69. The van der Waals surface area contributed by atoms with Crippen molar-refractivity contribution in [1.29, 1.82) is 0 Å². The van der Waals surface area contributed by atoms with Gasteiger partial charge in [0.15, 0.2) is 0 Å². The maximum Gasteiger partial charge on any atom is 0.142 e. The molecule has 5 rings (SSSR count). The molecule has 0 fully saturated rings. The van der Waals surface area contributed by atoms with E-state index < -0.39 is 0 Å². The summed E-state index contributed by atoms with van der Waals surface area (Å²) in [6, 6.07) is 30.1. The average Bonchev–Trinajstić information content (AvgIpc) is 3.20. The van der Waals surface area contributed by atoms with E-state index in [1.807, 2.05) is 67.6 Å². The molecular formula is C27H21ClN2O. The van der Waals surface area contributed by atoms with Gasteiger partial charge < -0.3 is 10.1 Å². The first-order valence-corrected chi connectivity index (χ1v) is 10.6. The van der Waals surface area contributed by atoms with Crippen LogP contribution in [-0.4, -0.2) is 15.1 Å². The monoisotopic (exact) mass is 424 g/mol. The molecule has 1 aromatic heterocycles. The zero-order chi connectivity index (χ0) is 21.4. The fourth-order valence-electron chi connectivity index (χ4n) is 4.16. The van der Waals surface area contributed by atoms with E-state index in [9.17, 15) is 5.11 Å². The van der Waals surface area contributed by atoms with E-state index >= 15 is 0 Å². The van der Waals surface area contributed by atoms with Gasteiger partial charge in [-0.25, -0.2) is 4.98 Å². The van der Waals surface area contributed by atoms with Crippen molar-refractivity contribution in [3.63, 3.8) is 0 Å². The Morgan fingerprint density at radius 2 is 1.48 bits per heavy atom. The molecule has 4 aromatic carbocycles. The van der Waals surface area contributed by atoms with Gasteiger partial charge in [-0.15, -0.1) is 0 Å². The maximum absolute atomic E-state index is 11.5. The standard InChI is InChI=1S/C27H21ClN2O/c1-17-14-21(25(18-8-4-2-5-9-18)19-10-6-3-7-11-19)26(31)22(15-17)27-29-23-13-12-20(28)16-24(23)30-27/h2-16,25,31H,1H3,(H,29,30). The zero-order valence-corrected chi connectivity index (χ0v) is 17.8. The first kappa shape index (κ1) is 19.4. The van der Waals surface area contributed by atoms with Crippen molar-refractivity contribution in [2.45, 2.75) is 12.8 Å². The molecule has 0 aliphatic rings. The molecule has 3 nitrogen and oxygen atoms in total. The van der Waals surface area contributed by atoms with Crippen molar-refractivity contribution in [2.75, 3.05) is 0 Å². The third-order valence-electron chi connectivity index (χ3n) is 5.56. The summed E-state index contributed by atoms with van der Waals surface area (Å²) in [6.07, 6.45) is 0. The number of hydrogen-bond acceptors (Lipinski definition) is 2. The molecular weight excluding hydrogens is 404 g/mol. The van der Waals surface area contributed by atoms with Gasteiger partial charge >= 0.3 is 0 Å². The Morgan fingerprint density at radius 3 is 2.13 bits per heavy atom. The van der Waals surface area contributed by atoms with Crippen LogP contribution in [0.4, 0.5) is 0 Å². The number of nitrogens with one attached hydrogen (secondary N) is 1. The lowest BCUT2D eigenvalue weighted by molar-refractivity contribution is 0.468. The maximum atomic E-state index is 11.5. The van der Waals surface area contributed by atoms with Crippen LogP contribution in [0.25, 0.3) is 22.4 Å². The number of aromatic nitrogens is 2. The molecule has 0 unspecified atom stereocenters. The number of aromatic amines is 1. The minimum absolute atomic E-state index is 0.0973. The highest BCUT2D eigenvalue weighted by atomic mass is 35.5. The predicted octanol–water partition coefficient (Wildman–Crippen LogP) is 7.08. The Morgan fingerprint density at radius 1 is 0.839 bits per heavy atom. The average molecular weight is 425 g/mol. The fourth-order valence-corrected chi connectivity index (χ4v) is 4.33. The van der Waals surface area contributed by atoms with Crippen LogP contribution in [0.3, 0.4) is 0 Å². The molecule has 5 aromatic rings. The van der Waals surface area contributed by atoms with Crippen LogP contribution in [0.2, 0.25) is 5.02 Å². The van der Waals surface area contributed by atoms with Gasteiger partial charge in [0.25, 0.3) is 0 Å². The van der Waals surface area contributed by atoms with Crippen LogP contribution >= 0.6 is 11.6 Å². The minimum Gasteiger partial charge on any atom is -0.507 e. The van der Waals surface area contributed by atoms with E-state index in [1.165, 1.54) is 0 Å². The summed E-state index contributed by atoms with van der Waals surface area (Å²) in [5.74, 6) is 0.757. The molecule has 0 amide bonds. The number of phenolic OH excluding ortho intramolecular Hbond substituents is 1. The quantitative estimate of drug-likeness (QED) is 0.303. The summed E-state index contributed by atoms with van der Waals surface area (Å²) in [7, 11) is 0. The first-order valence-electron chi connectivity index (χ1n) is 10.2. The van der Waals surface area contributed by atoms with Gasteiger partial charge in [-0.1, -0.05) is 78.3 Å². The lowest BCUT2D eigenvalue weighted by atomic mass is 9.83. The van der Waals surface area contributed by atoms with Crippen molar-refractivity contribution < 1.29 is 5.11 Å². The largest absolute Gasteiger partial charge is 0.507 e. The molecule has 2 N–H and O–H groups in total. The number of aryl methyl sites for hydroxylation is 1. The summed E-state index contributed by atoms with van der Waals surface area (Å²) in [4.78, 5) is 8.01. The number of benzene rings is 4. The SMILES string of the molecule is Cc1cc(-c2nc3ccc(Cl)cc3[nH]2)c(O)c(C(c2ccccc2)c2ccccc2)c1. The number of halogens is 1. The lowest BCUT2D eigenvalue weighted by Gasteiger charge is -2.21. The van der Waals surface area contributed by atoms with Crippen molar-refractivity contribution >= 4 is 22.6 Å². The van der Waals surface area contributed by atoms with E-state index in [1.54, 1.807) is 0 Å². The van der Waals surface area contributed by atoms with E-state index in [2.05, 4.69) is 35.3 Å². The summed E-state index contributed by atoms with van der Waals surface area (Å²) in [6.45, 7) is 2.04. The van der Waals surface area contributed by atoms with Gasteiger partial charge in [0.05, 0.1) is 16.6 Å². The van der Waals surface area contributed by atoms with Gasteiger partial charge in [0, 0.05) is 16.5 Å². The van der Waals surface area contributed by atoms with E-state index in [-0.39, 0.29) is 11.7 Å². The minimum atomic E-state index is -0.0973. The zero-order valence-electron chi connectivity index (χ0n) is 17.0. The van der Waals surface area contributed by atoms with Gasteiger partial charge in [0.2, 0.25) is 0 Å². The van der Waals surface area contributed by atoms with Crippen LogP contribution < -0.4 is 0 Å². The second-order valence-electron chi connectivity index (χ2n) is 7.75. The van der Waals surface area contributed by atoms with Crippen molar-refractivity contribution in [3.05, 3.63) is 118 Å². The summed E-state index contributed by atoms with van der Waals surface area (Å²) in [5.41, 5.74) is 6.48. The van der Waals surface area contributed by atoms with Crippen LogP contribution in [0.15, 0.2) is 91.0 Å². The number of aromatic hydroxyl groups is 1. The second-order valence-corrected chi connectivity index (χ2v) is 8.19. The Kier molecular flexibility index (Phi) is 4.97. The number of hydrogen-bond donors (Lipinski definition) is 2. The smallest absolute Gasteiger partial charge is 0.142 e. The lowest BCUT2D eigenvalue weighted by Crippen LogP contribution is -2.05. The molecule has 0 bridgehead atoms. The molecule has 0 saturated carbocycles. The molecule has 0 aliphatic carbocycles. The Labute approximate surface area is 186 Å². The molecule has 0 saturated heterocycles. The molecule has 1 heterocycles. The van der Waals surface area contributed by atoms with Crippen LogP contribution in [0, 0.1) is 6.92 Å². The highest BCUT2D eigenvalue weighted by Gasteiger charge is 2.23. The van der Waals surface area contributed by atoms with Crippen molar-refractivity contribution in [2.24, 2.45) is 0 Å². The molecule has 152 valence electrons. The molecule has 0 radical (unpaired) electrons. The van der Waals surface area contributed by atoms with Gasteiger partial charge in [0.1, 0.15) is 11.6 Å². The van der Waals surface area contributed by atoms with E-state index in [0.717, 1.165) is 33.3 Å². The third-order valence-corrected chi connectivity index (χ3v) is 5.79. The van der Waals surface area contributed by atoms with E-state index in [0.29, 0.717) is 16.4 Å². The Balaban J connectivity index is 1.72. The molecule has 0 atom stereocenters. The fraction of sp³-hybridized carbons (Fsp3) is 0.0741. The molecule has 0 spiro atoms. The van der Waals surface area contributed by atoms with E-state index in [4.69, 9.17) is 16.6 Å². The predicted molar refractivity (Wildman–Crippen MR) is 127 cm³/mol. The van der Waals surface area contributed by atoms with Crippen LogP contribution in [0.1, 0.15) is 28.2 Å². The number of H-pyrrole nitrogens is 1. The van der Waals surface area contributed by atoms with Crippen LogP contribution in [0.5, 0.6) is 5.75 Å². The first-order chi connectivity index (χ1) is 15.1. The number of rotatable bonds is 4. The molecule has 0 aliphatic heterocycles. The molecule has 31 heavy (non-hydrogen) atoms. The second kappa shape index (κ2) is 7.93. The van der Waals surface area contributed by atoms with Gasteiger partial charge in [-0.05, 0) is 47.9 Å². The Bertz CT molecular complexity index is 1320. The van der Waals surface area contributed by atoms with Gasteiger partial charge in [-0.3, -0.25) is 0 Å². The summed E-state index contributed by atoms with van der Waals surface area (Å²) < 4.78 is 0. The Hall–Kier alpha value is -3.56. The highest BCUT2D eigenvalue weighted by Crippen LogP contribution is 2.42. The number of phenols is 1. The number of nitrogens with zero attached hydrogens (tertiary/aromatic N) is 1. The highest BCUT2D eigenvalue weighted by molar-refractivity contribution is 6.31. The van der Waals surface area contributed by atoms with Gasteiger partial charge in [-0.2, -0.15) is 0 Å². The summed E-state index contributed by atoms with van der Waals surface area (Å²) in [5, 5.41) is 12.1. The van der Waals surface area contributed by atoms with Crippen LogP contribution in [-0.2, 0) is 0 Å². The number of imidazole rings is 1. The van der Waals surface area contributed by atoms with Crippen molar-refractivity contribution in [1.82, 2.24) is 9.97 Å². The summed E-state index contributed by atoms with van der Waals surface area (Å²) >= 11 is 6.14. The number of fused-ring (bicyclic) bond motifs is 1.